The van der Waals surface area contributed by atoms with E-state index in [-0.39, 0.29) is 11.5 Å². The molecule has 21 heavy (non-hydrogen) atoms. The summed E-state index contributed by atoms with van der Waals surface area (Å²) in [4.78, 5) is 4.67. The molecular formula is C20H21N. The molecule has 1 unspecified atom stereocenters. The van der Waals surface area contributed by atoms with Crippen LogP contribution in [0, 0.1) is 5.41 Å². The second kappa shape index (κ2) is 5.33. The predicted molar refractivity (Wildman–Crippen MR) is 90.6 cm³/mol. The summed E-state index contributed by atoms with van der Waals surface area (Å²) in [6.45, 7) is 6.69. The van der Waals surface area contributed by atoms with Crippen molar-refractivity contribution < 1.29 is 0 Å². The molecule has 2 aromatic rings. The smallest absolute Gasteiger partial charge is 0.0937 e. The van der Waals surface area contributed by atoms with Gasteiger partial charge in [-0.2, -0.15) is 0 Å². The third-order valence-corrected chi connectivity index (χ3v) is 3.91. The van der Waals surface area contributed by atoms with Crippen LogP contribution in [-0.2, 0) is 0 Å². The second-order valence-corrected chi connectivity index (χ2v) is 6.59. The van der Waals surface area contributed by atoms with Crippen LogP contribution in [0.3, 0.4) is 0 Å². The Balaban J connectivity index is 1.92. The van der Waals surface area contributed by atoms with Crippen molar-refractivity contribution >= 4 is 6.21 Å². The van der Waals surface area contributed by atoms with E-state index in [1.165, 1.54) is 22.3 Å². The van der Waals surface area contributed by atoms with Crippen LogP contribution in [0.15, 0.2) is 71.2 Å². The molecule has 2 aromatic carbocycles. The minimum absolute atomic E-state index is 0.155. The third kappa shape index (κ3) is 2.97. The number of hydrogen-bond acceptors (Lipinski definition) is 1. The Morgan fingerprint density at radius 2 is 1.57 bits per heavy atom. The molecule has 1 nitrogen and oxygen atoms in total. The van der Waals surface area contributed by atoms with Crippen molar-refractivity contribution in [3.8, 4) is 11.1 Å². The van der Waals surface area contributed by atoms with E-state index in [0.717, 1.165) is 0 Å². The molecular weight excluding hydrogens is 254 g/mol. The van der Waals surface area contributed by atoms with Gasteiger partial charge in [0.25, 0.3) is 0 Å². The zero-order chi connectivity index (χ0) is 14.9. The molecule has 0 amide bonds. The molecule has 0 bridgehead atoms. The third-order valence-electron chi connectivity index (χ3n) is 3.91. The lowest BCUT2D eigenvalue weighted by molar-refractivity contribution is 0.526. The molecule has 106 valence electrons. The maximum atomic E-state index is 4.67. The molecule has 1 aliphatic rings. The lowest BCUT2D eigenvalue weighted by Crippen LogP contribution is -2.08. The summed E-state index contributed by atoms with van der Waals surface area (Å²) in [5, 5.41) is 0. The fraction of sp³-hybridized carbons (Fsp3) is 0.250. The van der Waals surface area contributed by atoms with Gasteiger partial charge in [0, 0.05) is 6.21 Å². The molecule has 0 fully saturated rings. The van der Waals surface area contributed by atoms with Crippen LogP contribution in [0.2, 0.25) is 0 Å². The summed E-state index contributed by atoms with van der Waals surface area (Å²) in [5.74, 6) is 0. The first kappa shape index (κ1) is 13.8. The van der Waals surface area contributed by atoms with Gasteiger partial charge in [-0.15, -0.1) is 0 Å². The first-order chi connectivity index (χ1) is 10.0. The van der Waals surface area contributed by atoms with Crippen LogP contribution < -0.4 is 0 Å². The summed E-state index contributed by atoms with van der Waals surface area (Å²) in [5.41, 5.74) is 5.24. The van der Waals surface area contributed by atoms with Gasteiger partial charge in [-0.25, -0.2) is 0 Å². The van der Waals surface area contributed by atoms with Gasteiger partial charge in [0.2, 0.25) is 0 Å². The Morgan fingerprint density at radius 1 is 0.857 bits per heavy atom. The zero-order valence-electron chi connectivity index (χ0n) is 12.9. The molecule has 1 heterocycles. The largest absolute Gasteiger partial charge is 0.281 e. The highest BCUT2D eigenvalue weighted by Crippen LogP contribution is 2.34. The Kier molecular flexibility index (Phi) is 3.50. The van der Waals surface area contributed by atoms with Crippen LogP contribution in [0.1, 0.15) is 32.4 Å². The average molecular weight is 275 g/mol. The van der Waals surface area contributed by atoms with Crippen molar-refractivity contribution in [1.29, 1.82) is 0 Å². The highest BCUT2D eigenvalue weighted by atomic mass is 14.8. The second-order valence-electron chi connectivity index (χ2n) is 6.59. The average Bonchev–Trinajstić information content (AvgIpc) is 2.98. The first-order valence-corrected chi connectivity index (χ1v) is 7.45. The Morgan fingerprint density at radius 3 is 2.24 bits per heavy atom. The topological polar surface area (TPSA) is 12.4 Å². The molecule has 0 saturated carbocycles. The number of aliphatic imine (C=N–C) groups is 1. The van der Waals surface area contributed by atoms with Crippen LogP contribution >= 0.6 is 0 Å². The fourth-order valence-electron chi connectivity index (χ4n) is 2.58. The summed E-state index contributed by atoms with van der Waals surface area (Å²) >= 11 is 0. The van der Waals surface area contributed by atoms with Gasteiger partial charge < -0.3 is 0 Å². The maximum absolute atomic E-state index is 4.67. The number of benzene rings is 2. The van der Waals surface area contributed by atoms with Crippen molar-refractivity contribution in [2.75, 3.05) is 0 Å². The van der Waals surface area contributed by atoms with Crippen molar-refractivity contribution in [2.24, 2.45) is 10.4 Å². The highest BCUT2D eigenvalue weighted by molar-refractivity contribution is 5.83. The maximum Gasteiger partial charge on any atom is 0.0937 e. The van der Waals surface area contributed by atoms with Crippen LogP contribution in [-0.4, -0.2) is 6.21 Å². The molecule has 0 radical (unpaired) electrons. The van der Waals surface area contributed by atoms with E-state index >= 15 is 0 Å². The summed E-state index contributed by atoms with van der Waals surface area (Å²) < 4.78 is 0. The number of rotatable bonds is 2. The summed E-state index contributed by atoms with van der Waals surface area (Å²) in [6, 6.07) is 19.3. The monoisotopic (exact) mass is 275 g/mol. The van der Waals surface area contributed by atoms with Gasteiger partial charge in [-0.3, -0.25) is 4.99 Å². The molecule has 1 aliphatic heterocycles. The standard InChI is InChI=1S/C20H21N/c1-20(2,3)18-13-19(21-14-18)17-11-7-10-16(12-17)15-8-5-4-6-9-15/h4-14,19H,1-3H3. The van der Waals surface area contributed by atoms with Gasteiger partial charge in [0.15, 0.2) is 0 Å². The summed E-state index contributed by atoms with van der Waals surface area (Å²) in [6.07, 6.45) is 4.31. The van der Waals surface area contributed by atoms with Crippen LogP contribution in [0.5, 0.6) is 0 Å². The fourth-order valence-corrected chi connectivity index (χ4v) is 2.58. The molecule has 0 N–H and O–H groups in total. The Hall–Kier alpha value is -2.15. The van der Waals surface area contributed by atoms with E-state index in [1.807, 2.05) is 12.3 Å². The zero-order valence-corrected chi connectivity index (χ0v) is 12.9. The van der Waals surface area contributed by atoms with Crippen molar-refractivity contribution in [3.63, 3.8) is 0 Å². The number of nitrogens with zero attached hydrogens (tertiary/aromatic N) is 1. The van der Waals surface area contributed by atoms with E-state index in [4.69, 9.17) is 0 Å². The molecule has 0 aromatic heterocycles. The first-order valence-electron chi connectivity index (χ1n) is 7.45. The Bertz CT molecular complexity index is 687. The van der Waals surface area contributed by atoms with E-state index in [9.17, 15) is 0 Å². The molecule has 1 heteroatoms. The van der Waals surface area contributed by atoms with E-state index < -0.39 is 0 Å². The van der Waals surface area contributed by atoms with Gasteiger partial charge in [0.05, 0.1) is 6.04 Å². The van der Waals surface area contributed by atoms with Crippen LogP contribution in [0.4, 0.5) is 0 Å². The van der Waals surface area contributed by atoms with Crippen LogP contribution in [0.25, 0.3) is 11.1 Å². The molecule has 0 aliphatic carbocycles. The lowest BCUT2D eigenvalue weighted by atomic mass is 9.86. The van der Waals surface area contributed by atoms with Gasteiger partial charge in [0.1, 0.15) is 0 Å². The lowest BCUT2D eigenvalue weighted by Gasteiger charge is -2.17. The van der Waals surface area contributed by atoms with Crippen molar-refractivity contribution in [1.82, 2.24) is 0 Å². The predicted octanol–water partition coefficient (Wildman–Crippen LogP) is 5.45. The summed E-state index contributed by atoms with van der Waals surface area (Å²) in [7, 11) is 0. The minimum Gasteiger partial charge on any atom is -0.281 e. The molecule has 0 saturated heterocycles. The number of allylic oxidation sites excluding steroid dienone is 1. The number of hydrogen-bond donors (Lipinski definition) is 0. The van der Waals surface area contributed by atoms with Gasteiger partial charge in [-0.05, 0) is 33.7 Å². The van der Waals surface area contributed by atoms with Crippen molar-refractivity contribution in [2.45, 2.75) is 26.8 Å². The van der Waals surface area contributed by atoms with E-state index in [2.05, 4.69) is 80.4 Å². The Labute approximate surface area is 127 Å². The highest BCUT2D eigenvalue weighted by Gasteiger charge is 2.22. The van der Waals surface area contributed by atoms with Crippen molar-refractivity contribution in [3.05, 3.63) is 71.8 Å². The van der Waals surface area contributed by atoms with E-state index in [1.54, 1.807) is 0 Å². The van der Waals surface area contributed by atoms with Gasteiger partial charge >= 0.3 is 0 Å². The SMILES string of the molecule is CC(C)(C)C1=CC(c2cccc(-c3ccccc3)c2)N=C1. The quantitative estimate of drug-likeness (QED) is 0.691. The molecule has 0 spiro atoms. The minimum atomic E-state index is 0.155. The molecule has 3 rings (SSSR count). The molecule has 1 atom stereocenters. The van der Waals surface area contributed by atoms with Gasteiger partial charge in [-0.1, -0.05) is 75.4 Å². The van der Waals surface area contributed by atoms with E-state index in [0.29, 0.717) is 0 Å². The normalized spacial score (nSPS) is 17.9.